The summed E-state index contributed by atoms with van der Waals surface area (Å²) in [6.07, 6.45) is -4.68. The Hall–Kier alpha value is -5.28. The molecule has 9 rings (SSSR count). The van der Waals surface area contributed by atoms with Crippen LogP contribution in [0.2, 0.25) is 0 Å². The molecule has 0 radical (unpaired) electrons. The van der Waals surface area contributed by atoms with Crippen LogP contribution in [-0.2, 0) is 19.1 Å². The summed E-state index contributed by atoms with van der Waals surface area (Å²) in [6, 6.07) is 14.4. The molecule has 2 aliphatic carbocycles. The molecule has 2 bridgehead atoms. The Bertz CT molecular complexity index is 2300. The quantitative estimate of drug-likeness (QED) is 0.0982. The van der Waals surface area contributed by atoms with Gasteiger partial charge >= 0.3 is 0 Å². The second-order valence-corrected chi connectivity index (χ2v) is 16.7. The van der Waals surface area contributed by atoms with Crippen LogP contribution in [0, 0.1) is 0 Å². The zero-order valence-corrected chi connectivity index (χ0v) is 33.5. The molecule has 62 heavy (non-hydrogen) atoms. The Morgan fingerprint density at radius 3 is 2.47 bits per heavy atom. The lowest BCUT2D eigenvalue weighted by atomic mass is 9.78. The van der Waals surface area contributed by atoms with Crippen molar-refractivity contribution in [1.29, 1.82) is 0 Å². The Morgan fingerprint density at radius 1 is 1.00 bits per heavy atom. The molecular formula is C44H49N5O13. The van der Waals surface area contributed by atoms with Crippen LogP contribution in [0.5, 0.6) is 11.5 Å². The molecule has 1 amide bonds. The average molecular weight is 856 g/mol. The van der Waals surface area contributed by atoms with Gasteiger partial charge in [0.05, 0.1) is 24.6 Å². The molecule has 328 valence electrons. The summed E-state index contributed by atoms with van der Waals surface area (Å²) in [4.78, 5) is 55.7. The van der Waals surface area contributed by atoms with Crippen LogP contribution in [0.25, 0.3) is 0 Å². The minimum atomic E-state index is -2.48. The van der Waals surface area contributed by atoms with Gasteiger partial charge in [0.15, 0.2) is 28.7 Å². The van der Waals surface area contributed by atoms with Crippen LogP contribution < -0.4 is 36.1 Å². The molecule has 3 aromatic carbocycles. The van der Waals surface area contributed by atoms with Gasteiger partial charge in [0.25, 0.3) is 0 Å². The Kier molecular flexibility index (Phi) is 11.2. The van der Waals surface area contributed by atoms with Gasteiger partial charge in [-0.1, -0.05) is 42.5 Å². The Balaban J connectivity index is 1.32. The van der Waals surface area contributed by atoms with E-state index in [2.05, 4.69) is 16.0 Å². The maximum Gasteiger partial charge on any atom is 0.242 e. The molecule has 10 atom stereocenters. The van der Waals surface area contributed by atoms with Crippen molar-refractivity contribution in [1.82, 2.24) is 16.0 Å². The summed E-state index contributed by atoms with van der Waals surface area (Å²) in [7, 11) is 0. The van der Waals surface area contributed by atoms with Crippen LogP contribution in [0.1, 0.15) is 87.4 Å². The number of nitrogens with zero attached hydrogens (tertiary/aromatic N) is 1. The second kappa shape index (κ2) is 16.4. The first-order valence-electron chi connectivity index (χ1n) is 20.8. The normalized spacial score (nSPS) is 31.4. The van der Waals surface area contributed by atoms with Gasteiger partial charge in [0.1, 0.15) is 55.3 Å². The third-order valence-electron chi connectivity index (χ3n) is 13.0. The van der Waals surface area contributed by atoms with Gasteiger partial charge in [0.2, 0.25) is 12.2 Å². The molecule has 3 aromatic rings. The number of nitrogens with two attached hydrogens (primary N) is 1. The van der Waals surface area contributed by atoms with Crippen molar-refractivity contribution in [3.63, 3.8) is 0 Å². The number of anilines is 1. The van der Waals surface area contributed by atoms with E-state index in [1.165, 1.54) is 24.5 Å². The molecule has 1 spiro atoms. The van der Waals surface area contributed by atoms with E-state index >= 15 is 0 Å². The fourth-order valence-electron chi connectivity index (χ4n) is 9.92. The number of carbonyl (C=O) groups excluding carboxylic acids is 4. The van der Waals surface area contributed by atoms with E-state index in [0.717, 1.165) is 0 Å². The van der Waals surface area contributed by atoms with Gasteiger partial charge in [0, 0.05) is 53.3 Å². The van der Waals surface area contributed by atoms with Crippen molar-refractivity contribution in [2.75, 3.05) is 24.8 Å². The monoisotopic (exact) mass is 855 g/mol. The van der Waals surface area contributed by atoms with E-state index in [-0.39, 0.29) is 58.3 Å². The van der Waals surface area contributed by atoms with E-state index in [4.69, 9.17) is 24.7 Å². The Morgan fingerprint density at radius 2 is 1.73 bits per heavy atom. The highest BCUT2D eigenvalue weighted by Crippen LogP contribution is 2.52. The van der Waals surface area contributed by atoms with Crippen molar-refractivity contribution in [3.8, 4) is 11.5 Å². The van der Waals surface area contributed by atoms with E-state index in [1.807, 2.05) is 23.1 Å². The highest BCUT2D eigenvalue weighted by Gasteiger charge is 2.62. The van der Waals surface area contributed by atoms with Gasteiger partial charge in [-0.05, 0) is 49.5 Å². The van der Waals surface area contributed by atoms with Crippen LogP contribution >= 0.6 is 0 Å². The smallest absolute Gasteiger partial charge is 0.242 e. The number of hydrogen-bond acceptors (Lipinski definition) is 17. The summed E-state index contributed by atoms with van der Waals surface area (Å²) in [5, 5.41) is 66.0. The largest absolute Gasteiger partial charge is 0.492 e. The molecule has 4 aliphatic heterocycles. The van der Waals surface area contributed by atoms with Crippen LogP contribution in [-0.4, -0.2) is 130 Å². The molecule has 6 aliphatic rings. The zero-order valence-electron chi connectivity index (χ0n) is 33.5. The van der Waals surface area contributed by atoms with Crippen LogP contribution in [0.15, 0.2) is 66.9 Å². The fourth-order valence-corrected chi connectivity index (χ4v) is 9.92. The molecule has 10 N–H and O–H groups in total. The van der Waals surface area contributed by atoms with Crippen LogP contribution in [0.4, 0.5) is 5.69 Å². The molecule has 18 nitrogen and oxygen atoms in total. The highest BCUT2D eigenvalue weighted by molar-refractivity contribution is 6.29. The van der Waals surface area contributed by atoms with Crippen molar-refractivity contribution >= 4 is 29.4 Å². The zero-order chi connectivity index (χ0) is 43.5. The minimum Gasteiger partial charge on any atom is -0.492 e. The predicted octanol–water partition coefficient (Wildman–Crippen LogP) is -0.258. The maximum atomic E-state index is 14.6. The van der Waals surface area contributed by atoms with E-state index in [1.54, 1.807) is 24.3 Å². The van der Waals surface area contributed by atoms with Gasteiger partial charge in [-0.15, -0.1) is 0 Å². The van der Waals surface area contributed by atoms with Gasteiger partial charge in [-0.25, -0.2) is 0 Å². The number of benzene rings is 3. The van der Waals surface area contributed by atoms with Gasteiger partial charge in [-0.3, -0.25) is 30.8 Å². The number of aliphatic hydroxyl groups is 5. The number of fused-ring (bicyclic) bond motifs is 7. The fraction of sp³-hybridized carbons (Fsp3) is 0.455. The first kappa shape index (κ1) is 42.0. The number of ketones is 2. The summed E-state index contributed by atoms with van der Waals surface area (Å²) in [5.74, 6) is -2.97. The molecular weight excluding hydrogens is 807 g/mol. The summed E-state index contributed by atoms with van der Waals surface area (Å²) < 4.78 is 26.3. The summed E-state index contributed by atoms with van der Waals surface area (Å²) >= 11 is 0. The number of carbonyl (C=O) groups is 4. The Labute approximate surface area is 355 Å². The molecule has 0 aromatic heterocycles. The molecule has 10 unspecified atom stereocenters. The third-order valence-corrected chi connectivity index (χ3v) is 13.0. The number of aliphatic hydroxyl groups excluding tert-OH is 4. The average Bonchev–Trinajstić information content (AvgIpc) is 3.92. The highest BCUT2D eigenvalue weighted by atomic mass is 16.7. The molecule has 1 saturated carbocycles. The first-order valence-corrected chi connectivity index (χ1v) is 20.8. The summed E-state index contributed by atoms with van der Waals surface area (Å²) in [6.45, 7) is -1.01. The lowest BCUT2D eigenvalue weighted by molar-refractivity contribution is -0.342. The number of ether oxygens (including phenoxy) is 4. The van der Waals surface area contributed by atoms with Gasteiger partial charge < -0.3 is 59.5 Å². The minimum absolute atomic E-state index is 0.0703. The van der Waals surface area contributed by atoms with Crippen molar-refractivity contribution in [2.24, 2.45) is 5.73 Å². The number of amides is 1. The molecule has 18 heteroatoms. The van der Waals surface area contributed by atoms with E-state index in [9.17, 15) is 44.7 Å². The molecule has 3 saturated heterocycles. The van der Waals surface area contributed by atoms with E-state index < -0.39 is 97.5 Å². The SMILES string of the molecule is NC1NC(=O)C2NCN(c3ccccc3C3C=COC4(CCCC4)C4OC(Oc5c3cc3c(c5OCC(O)CC=O)C(=O)c5ccccc5C3=O)C(O)(CCO)C(O)C4O)C2N1. The van der Waals surface area contributed by atoms with Crippen molar-refractivity contribution in [3.05, 3.63) is 100 Å². The second-order valence-electron chi connectivity index (χ2n) is 16.7. The molecule has 4 heterocycles. The number of para-hydroxylation sites is 1. The molecule has 4 fully saturated rings. The van der Waals surface area contributed by atoms with Crippen molar-refractivity contribution < 1.29 is 63.7 Å². The predicted molar refractivity (Wildman–Crippen MR) is 217 cm³/mol. The van der Waals surface area contributed by atoms with E-state index in [0.29, 0.717) is 43.2 Å². The van der Waals surface area contributed by atoms with Gasteiger partial charge in [-0.2, -0.15) is 0 Å². The number of rotatable bonds is 9. The number of aldehydes is 1. The number of nitrogens with one attached hydrogen (secondary N) is 3. The first-order chi connectivity index (χ1) is 29.9. The lowest BCUT2D eigenvalue weighted by Gasteiger charge is -2.51. The van der Waals surface area contributed by atoms with Crippen molar-refractivity contribution in [2.45, 2.75) is 105 Å². The summed E-state index contributed by atoms with van der Waals surface area (Å²) in [5.41, 5.74) is 3.76. The topological polar surface area (TPSA) is 272 Å². The lowest BCUT2D eigenvalue weighted by Crippen LogP contribution is -2.71. The third kappa shape index (κ3) is 6.86. The number of allylic oxidation sites excluding steroid dienone is 1. The van der Waals surface area contributed by atoms with Crippen LogP contribution in [0.3, 0.4) is 0 Å². The number of hydrogen-bond donors (Lipinski definition) is 9. The standard InChI is InChI=1S/C44H49N5O13/c45-42-47-39-31(40(57)48-42)46-21-49(39)29-10-4-3-7-24(29)23-12-18-60-43(13-5-6-14-43)38-34(55)37(56)44(58,15-17-51)41(62-38)61-35-27(23)19-28-30(36(35)59-20-22(52)11-16-50)33(54)26-9-2-1-8-25(26)32(28)53/h1-4,7-10,12,16,18-19,22-23,31,34,37-39,41-42,46-47,51-52,55-56,58H,5-6,11,13-15,17,20-21,45H2,(H,48,57). The maximum absolute atomic E-state index is 14.6.